The summed E-state index contributed by atoms with van der Waals surface area (Å²) in [6.07, 6.45) is -1.50. The number of piperidine rings is 1. The van der Waals surface area contributed by atoms with Crippen molar-refractivity contribution in [3.63, 3.8) is 0 Å². The number of aromatic nitrogens is 4. The molecule has 0 bridgehead atoms. The number of nitrogens with one attached hydrogen (secondary N) is 3. The molecule has 0 amide bonds. The number of H-pyrrole nitrogens is 1. The molecule has 31 heavy (non-hydrogen) atoms. The van der Waals surface area contributed by atoms with Gasteiger partial charge in [0.25, 0.3) is 5.56 Å². The monoisotopic (exact) mass is 428 g/mol. The Morgan fingerprint density at radius 2 is 1.94 bits per heavy atom. The standard InChI is InChI=1S/C21H19F3N6O/c22-21(23,24)13-3-2-8-26-19(13)27-14-4-1-5-15-18(14)20-28-17(31)11-16(30(20)29-15)12-6-9-25-10-7-12/h1-5,8,11-12,25H,6-7,9-10H2,(H,26,27)(H,28,31). The second-order valence-electron chi connectivity index (χ2n) is 7.57. The summed E-state index contributed by atoms with van der Waals surface area (Å²) in [5.41, 5.74) is 1.06. The van der Waals surface area contributed by atoms with Gasteiger partial charge < -0.3 is 15.6 Å². The fraction of sp³-hybridized carbons (Fsp3) is 0.286. The summed E-state index contributed by atoms with van der Waals surface area (Å²) in [6.45, 7) is 1.71. The van der Waals surface area contributed by atoms with Crippen molar-refractivity contribution in [2.24, 2.45) is 0 Å². The Morgan fingerprint density at radius 1 is 1.13 bits per heavy atom. The molecule has 0 saturated carbocycles. The zero-order chi connectivity index (χ0) is 21.6. The highest BCUT2D eigenvalue weighted by molar-refractivity contribution is 6.03. The fourth-order valence-electron chi connectivity index (χ4n) is 4.16. The van der Waals surface area contributed by atoms with Crippen molar-refractivity contribution in [1.82, 2.24) is 24.9 Å². The Bertz CT molecular complexity index is 1320. The zero-order valence-corrected chi connectivity index (χ0v) is 16.3. The molecule has 5 rings (SSSR count). The molecule has 1 aromatic carbocycles. The molecule has 0 radical (unpaired) electrons. The van der Waals surface area contributed by atoms with Crippen LogP contribution in [0.1, 0.15) is 30.0 Å². The van der Waals surface area contributed by atoms with E-state index in [4.69, 9.17) is 0 Å². The van der Waals surface area contributed by atoms with Crippen LogP contribution in [0.2, 0.25) is 0 Å². The van der Waals surface area contributed by atoms with Gasteiger partial charge in [-0.15, -0.1) is 0 Å². The molecule has 0 atom stereocenters. The number of halogens is 3. The Kier molecular flexibility index (Phi) is 4.66. The smallest absolute Gasteiger partial charge is 0.339 e. The third-order valence-electron chi connectivity index (χ3n) is 5.59. The molecule has 10 heteroatoms. The average molecular weight is 428 g/mol. The maximum Gasteiger partial charge on any atom is 0.419 e. The molecule has 4 aromatic rings. The maximum absolute atomic E-state index is 13.4. The second kappa shape index (κ2) is 7.38. The number of hydrogen-bond donors (Lipinski definition) is 3. The fourth-order valence-corrected chi connectivity index (χ4v) is 4.16. The molecule has 4 heterocycles. The van der Waals surface area contributed by atoms with Crippen LogP contribution in [0.3, 0.4) is 0 Å². The van der Waals surface area contributed by atoms with E-state index in [1.807, 2.05) is 0 Å². The van der Waals surface area contributed by atoms with Gasteiger partial charge in [-0.2, -0.15) is 18.3 Å². The van der Waals surface area contributed by atoms with E-state index in [9.17, 15) is 18.0 Å². The molecule has 160 valence electrons. The number of rotatable bonds is 3. The van der Waals surface area contributed by atoms with Gasteiger partial charge in [0.05, 0.1) is 27.8 Å². The van der Waals surface area contributed by atoms with Crippen LogP contribution >= 0.6 is 0 Å². The van der Waals surface area contributed by atoms with E-state index in [1.54, 1.807) is 28.8 Å². The zero-order valence-electron chi connectivity index (χ0n) is 16.3. The van der Waals surface area contributed by atoms with Crippen molar-refractivity contribution in [2.45, 2.75) is 24.9 Å². The highest BCUT2D eigenvalue weighted by Gasteiger charge is 2.34. The normalized spacial score (nSPS) is 15.6. The van der Waals surface area contributed by atoms with Crippen LogP contribution in [-0.4, -0.2) is 32.7 Å². The molecule has 0 spiro atoms. The lowest BCUT2D eigenvalue weighted by atomic mass is 9.94. The Hall–Kier alpha value is -3.40. The number of nitrogens with zero attached hydrogens (tertiary/aromatic N) is 3. The molecule has 1 saturated heterocycles. The van der Waals surface area contributed by atoms with Gasteiger partial charge in [-0.05, 0) is 50.2 Å². The minimum Gasteiger partial charge on any atom is -0.339 e. The molecular weight excluding hydrogens is 409 g/mol. The summed E-state index contributed by atoms with van der Waals surface area (Å²) in [5.74, 6) is -0.136. The van der Waals surface area contributed by atoms with Crippen molar-refractivity contribution in [2.75, 3.05) is 18.4 Å². The summed E-state index contributed by atoms with van der Waals surface area (Å²) in [5, 5.41) is 11.3. The van der Waals surface area contributed by atoms with Crippen molar-refractivity contribution >= 4 is 28.1 Å². The van der Waals surface area contributed by atoms with Gasteiger partial charge in [0.1, 0.15) is 11.5 Å². The predicted octanol–water partition coefficient (Wildman–Crippen LogP) is 3.80. The van der Waals surface area contributed by atoms with Crippen LogP contribution < -0.4 is 16.2 Å². The Morgan fingerprint density at radius 3 is 2.71 bits per heavy atom. The molecule has 3 aromatic heterocycles. The van der Waals surface area contributed by atoms with E-state index in [0.717, 1.165) is 37.7 Å². The van der Waals surface area contributed by atoms with Crippen molar-refractivity contribution < 1.29 is 13.2 Å². The lowest BCUT2D eigenvalue weighted by molar-refractivity contribution is -0.137. The van der Waals surface area contributed by atoms with Gasteiger partial charge in [-0.1, -0.05) is 6.07 Å². The highest BCUT2D eigenvalue weighted by atomic mass is 19.4. The Balaban J connectivity index is 1.69. The van der Waals surface area contributed by atoms with Crippen LogP contribution in [-0.2, 0) is 6.18 Å². The number of benzene rings is 1. The van der Waals surface area contributed by atoms with Crippen LogP contribution in [0.25, 0.3) is 16.6 Å². The summed E-state index contributed by atoms with van der Waals surface area (Å²) < 4.78 is 42.0. The van der Waals surface area contributed by atoms with Gasteiger partial charge in [0.15, 0.2) is 0 Å². The number of alkyl halides is 3. The molecule has 0 unspecified atom stereocenters. The van der Waals surface area contributed by atoms with Crippen LogP contribution in [0.15, 0.2) is 47.4 Å². The second-order valence-corrected chi connectivity index (χ2v) is 7.57. The lowest BCUT2D eigenvalue weighted by Gasteiger charge is -2.23. The molecule has 3 N–H and O–H groups in total. The van der Waals surface area contributed by atoms with Crippen LogP contribution in [0.4, 0.5) is 24.7 Å². The Labute approximate surface area is 174 Å². The number of aromatic amines is 1. The summed E-state index contributed by atoms with van der Waals surface area (Å²) >= 11 is 0. The van der Waals surface area contributed by atoms with Gasteiger partial charge in [-0.25, -0.2) is 9.50 Å². The minimum absolute atomic E-state index is 0.171. The third kappa shape index (κ3) is 3.52. The molecule has 1 aliphatic rings. The highest BCUT2D eigenvalue weighted by Crippen LogP contribution is 2.37. The van der Waals surface area contributed by atoms with Gasteiger partial charge in [0.2, 0.25) is 0 Å². The molecule has 0 aliphatic carbocycles. The van der Waals surface area contributed by atoms with Crippen molar-refractivity contribution in [1.29, 1.82) is 0 Å². The third-order valence-corrected chi connectivity index (χ3v) is 5.59. The first-order valence-corrected chi connectivity index (χ1v) is 9.96. The van der Waals surface area contributed by atoms with Crippen molar-refractivity contribution in [3.05, 3.63) is 64.2 Å². The van der Waals surface area contributed by atoms with E-state index >= 15 is 0 Å². The van der Waals surface area contributed by atoms with Crippen LogP contribution in [0.5, 0.6) is 0 Å². The van der Waals surface area contributed by atoms with E-state index in [0.29, 0.717) is 22.2 Å². The van der Waals surface area contributed by atoms with E-state index < -0.39 is 11.7 Å². The average Bonchev–Trinajstić information content (AvgIpc) is 3.13. The number of hydrogen-bond acceptors (Lipinski definition) is 5. The molecular formula is C21H19F3N6O. The van der Waals surface area contributed by atoms with E-state index in [2.05, 4.69) is 25.7 Å². The van der Waals surface area contributed by atoms with Gasteiger partial charge in [-0.3, -0.25) is 4.79 Å². The number of pyridine rings is 1. The minimum atomic E-state index is -4.55. The predicted molar refractivity (Wildman–Crippen MR) is 111 cm³/mol. The SMILES string of the molecule is O=c1cc(C2CCNCC2)n2nc3cccc(Nc4ncccc4C(F)(F)F)c3c2[nH]1. The number of anilines is 2. The topological polar surface area (TPSA) is 87.1 Å². The first-order valence-electron chi connectivity index (χ1n) is 9.96. The van der Waals surface area contributed by atoms with E-state index in [-0.39, 0.29) is 17.3 Å². The quantitative estimate of drug-likeness (QED) is 0.462. The lowest BCUT2D eigenvalue weighted by Crippen LogP contribution is -2.28. The first-order chi connectivity index (χ1) is 14.9. The van der Waals surface area contributed by atoms with Gasteiger partial charge >= 0.3 is 6.18 Å². The summed E-state index contributed by atoms with van der Waals surface area (Å²) in [7, 11) is 0. The largest absolute Gasteiger partial charge is 0.419 e. The molecule has 1 aliphatic heterocycles. The van der Waals surface area contributed by atoms with E-state index in [1.165, 1.54) is 12.3 Å². The maximum atomic E-state index is 13.4. The first kappa shape index (κ1) is 19.6. The van der Waals surface area contributed by atoms with Crippen LogP contribution in [0, 0.1) is 0 Å². The summed E-state index contributed by atoms with van der Waals surface area (Å²) in [4.78, 5) is 19.1. The molecule has 7 nitrogen and oxygen atoms in total. The van der Waals surface area contributed by atoms with Crippen molar-refractivity contribution in [3.8, 4) is 0 Å². The summed E-state index contributed by atoms with van der Waals surface area (Å²) in [6, 6.07) is 8.89. The molecule has 1 fully saturated rings. The van der Waals surface area contributed by atoms with Gasteiger partial charge in [0, 0.05) is 18.2 Å². The number of fused-ring (bicyclic) bond motifs is 3.